The number of rotatable bonds is 14. The maximum Gasteiger partial charge on any atom is 2.00 e. The summed E-state index contributed by atoms with van der Waals surface area (Å²) in [6, 6.07) is 39.6. The molecule has 0 saturated carbocycles. The van der Waals surface area contributed by atoms with Gasteiger partial charge in [0, 0.05) is 47.6 Å². The van der Waals surface area contributed by atoms with E-state index >= 15 is 0 Å². The van der Waals surface area contributed by atoms with Crippen molar-refractivity contribution >= 4 is 94.6 Å². The van der Waals surface area contributed by atoms with Crippen molar-refractivity contribution in [1.29, 1.82) is 0 Å². The molecule has 4 aromatic carbocycles. The molecule has 0 aliphatic carbocycles. The maximum absolute atomic E-state index is 12.0. The molecule has 0 radical (unpaired) electrons. The standard InChI is InChI=1S/C24H23ClN2O4S2.C23H19ClN2O5S2.C4H8O.CH3.BrH.Mg/c1-24(2,28)15-31-23-14-20(27(26-23)19-10-5-4-9-18(19)25)22-12-11-21(32-22)16-7-6-8-17(13-16)33(3,29)30;1-30-23(27)14-31-22-13-19(26(25-22)18-9-4-3-8-17(18)24)21-11-10-20(32-21)15-6-5-7-16(12-15)33(2,28)29;1-2-4-5-3-1;;;/h4-14,28H,15H2,1-3H3;3-13H,14H2,1-2H3;1-4H2;1H3;1H;/q;;;-1;;+2/p-1. The Hall–Kier alpha value is -4.58. The van der Waals surface area contributed by atoms with Crippen molar-refractivity contribution in [1.82, 2.24) is 19.6 Å². The molecular formula is C52H53BrCl2MgN4O10S4. The molecule has 1 fully saturated rings. The first kappa shape index (κ1) is 62.0. The van der Waals surface area contributed by atoms with Crippen LogP contribution in [0.15, 0.2) is 143 Å². The third-order valence-corrected chi connectivity index (χ3v) is 15.5. The van der Waals surface area contributed by atoms with E-state index in [0.717, 1.165) is 49.5 Å². The van der Waals surface area contributed by atoms with Crippen molar-refractivity contribution in [3.63, 3.8) is 0 Å². The largest absolute Gasteiger partial charge is 2.00 e. The van der Waals surface area contributed by atoms with Crippen LogP contribution in [0.4, 0.5) is 0 Å². The average Bonchev–Trinajstić information content (AvgIpc) is 4.21. The van der Waals surface area contributed by atoms with Gasteiger partial charge in [-0.3, -0.25) is 0 Å². The zero-order valence-corrected chi connectivity index (χ0v) is 49.1. The van der Waals surface area contributed by atoms with Crippen molar-refractivity contribution < 1.29 is 62.7 Å². The molecule has 1 aliphatic rings. The summed E-state index contributed by atoms with van der Waals surface area (Å²) in [7, 11) is -5.34. The van der Waals surface area contributed by atoms with Crippen molar-refractivity contribution in [2.75, 3.05) is 46.0 Å². The predicted octanol–water partition coefficient (Wildman–Crippen LogP) is 8.22. The molecule has 0 amide bonds. The van der Waals surface area contributed by atoms with Crippen molar-refractivity contribution in [2.24, 2.45) is 0 Å². The van der Waals surface area contributed by atoms with Gasteiger partial charge in [-0.15, -0.1) is 32.9 Å². The first-order valence-electron chi connectivity index (χ1n) is 21.9. The maximum atomic E-state index is 12.0. The zero-order valence-electron chi connectivity index (χ0n) is 41.3. The third kappa shape index (κ3) is 16.7. The Kier molecular flexibility index (Phi) is 23.0. The summed E-state index contributed by atoms with van der Waals surface area (Å²) in [4.78, 5) is 15.6. The van der Waals surface area contributed by atoms with Gasteiger partial charge in [0.2, 0.25) is 11.8 Å². The topological polar surface area (TPSA) is 178 Å². The van der Waals surface area contributed by atoms with Crippen LogP contribution in [0.3, 0.4) is 0 Å². The first-order chi connectivity index (χ1) is 33.8. The Labute approximate surface area is 476 Å². The van der Waals surface area contributed by atoms with E-state index in [1.165, 1.54) is 55.1 Å². The number of aromatic nitrogens is 4. The van der Waals surface area contributed by atoms with Gasteiger partial charge in [-0.1, -0.05) is 71.7 Å². The minimum Gasteiger partial charge on any atom is -1.00 e. The normalized spacial score (nSPS) is 12.1. The van der Waals surface area contributed by atoms with Crippen LogP contribution >= 0.6 is 45.9 Å². The number of halogens is 3. The van der Waals surface area contributed by atoms with E-state index in [1.54, 1.807) is 83.9 Å². The number of thiophene rings is 2. The number of sulfone groups is 2. The monoisotopic (exact) mass is 1190 g/mol. The molecule has 4 aromatic heterocycles. The number of benzene rings is 4. The molecule has 22 heteroatoms. The number of aliphatic hydroxyl groups is 1. The smallest absolute Gasteiger partial charge is 1.00 e. The van der Waals surface area contributed by atoms with Gasteiger partial charge >= 0.3 is 29.0 Å². The molecule has 9 rings (SSSR count). The van der Waals surface area contributed by atoms with Gasteiger partial charge < -0.3 is 48.5 Å². The zero-order chi connectivity index (χ0) is 50.9. The van der Waals surface area contributed by atoms with E-state index in [-0.39, 0.29) is 76.3 Å². The number of carbonyl (C=O) groups is 1. The van der Waals surface area contributed by atoms with E-state index in [1.807, 2.05) is 72.8 Å². The second-order valence-corrected chi connectivity index (χ2v) is 23.7. The van der Waals surface area contributed by atoms with E-state index in [2.05, 4.69) is 14.9 Å². The third-order valence-electron chi connectivity index (χ3n) is 10.3. The molecule has 0 spiro atoms. The Balaban J connectivity index is 0.000000282. The summed E-state index contributed by atoms with van der Waals surface area (Å²) >= 11 is 15.8. The molecule has 8 aromatic rings. The number of carbonyl (C=O) groups excluding carboxylic acids is 1. The molecule has 1 aliphatic heterocycles. The molecule has 1 saturated heterocycles. The van der Waals surface area contributed by atoms with Gasteiger partial charge in [-0.25, -0.2) is 31.0 Å². The second kappa shape index (κ2) is 27.5. The number of hydrogen-bond donors (Lipinski definition) is 1. The fourth-order valence-electron chi connectivity index (χ4n) is 6.80. The molecule has 0 unspecified atom stereocenters. The van der Waals surface area contributed by atoms with E-state index in [0.29, 0.717) is 33.0 Å². The summed E-state index contributed by atoms with van der Waals surface area (Å²) < 4.78 is 72.0. The molecular weight excluding hydrogens is 1140 g/mol. The molecule has 74 heavy (non-hydrogen) atoms. The number of hydrogen-bond acceptors (Lipinski definition) is 14. The van der Waals surface area contributed by atoms with Gasteiger partial charge in [-0.2, -0.15) is 0 Å². The van der Waals surface area contributed by atoms with Crippen molar-refractivity contribution in [2.45, 2.75) is 42.1 Å². The van der Waals surface area contributed by atoms with E-state index in [9.17, 15) is 26.7 Å². The van der Waals surface area contributed by atoms with Crippen LogP contribution in [0.1, 0.15) is 26.7 Å². The quantitative estimate of drug-likeness (QED) is 0.0628. The van der Waals surface area contributed by atoms with E-state index in [4.69, 9.17) is 37.4 Å². The number of esters is 1. The van der Waals surface area contributed by atoms with E-state index < -0.39 is 31.2 Å². The minimum absolute atomic E-state index is 0. The first-order valence-corrected chi connectivity index (χ1v) is 28.1. The molecule has 0 atom stereocenters. The minimum atomic E-state index is -3.32. The Morgan fingerprint density at radius 3 is 1.46 bits per heavy atom. The number of ether oxygens (including phenoxy) is 4. The summed E-state index contributed by atoms with van der Waals surface area (Å²) in [5.41, 5.74) is 3.42. The predicted molar refractivity (Wildman–Crippen MR) is 292 cm³/mol. The van der Waals surface area contributed by atoms with Crippen LogP contribution in [0.25, 0.3) is 53.4 Å². The summed E-state index contributed by atoms with van der Waals surface area (Å²) in [5, 5.41) is 20.1. The van der Waals surface area contributed by atoms with Gasteiger partial charge in [-0.05, 0) is 111 Å². The second-order valence-electron chi connectivity index (χ2n) is 16.7. The molecule has 0 bridgehead atoms. The number of para-hydroxylation sites is 2. The number of methoxy groups -OCH3 is 1. The Bertz CT molecular complexity index is 3360. The van der Waals surface area contributed by atoms with Crippen LogP contribution in [-0.2, 0) is 33.9 Å². The van der Waals surface area contributed by atoms with Gasteiger partial charge in [0.25, 0.3) is 0 Å². The van der Waals surface area contributed by atoms with Crippen LogP contribution in [0, 0.1) is 7.43 Å². The average molecular weight is 1200 g/mol. The summed E-state index contributed by atoms with van der Waals surface area (Å²) in [6.07, 6.45) is 4.94. The Morgan fingerprint density at radius 1 is 0.662 bits per heavy atom. The molecule has 5 heterocycles. The number of nitrogens with zero attached hydrogens (tertiary/aromatic N) is 4. The SMILES string of the molecule is C1CCOC1.CC(C)(O)COc1cc(-c2ccc(-c3cccc(S(C)(=O)=O)c3)s2)n(-c2ccccc2Cl)n1.COC(=O)COc1cc(-c2ccc(-c3cccc(S(C)(=O)=O)c3)s2)n(-c2ccccc2Cl)n1.[Br-].[CH3-].[Mg+2]. The van der Waals surface area contributed by atoms with Crippen LogP contribution < -0.4 is 26.5 Å². The van der Waals surface area contributed by atoms with Gasteiger partial charge in [0.1, 0.15) is 6.61 Å². The molecule has 388 valence electrons. The van der Waals surface area contributed by atoms with Crippen LogP contribution in [-0.4, -0.2) is 122 Å². The van der Waals surface area contributed by atoms with Crippen LogP contribution in [0.5, 0.6) is 11.8 Å². The van der Waals surface area contributed by atoms with Crippen molar-refractivity contribution in [3.8, 4) is 65.2 Å². The summed E-state index contributed by atoms with van der Waals surface area (Å²) in [5.74, 6) is 0.0819. The summed E-state index contributed by atoms with van der Waals surface area (Å²) in [6.45, 7) is 5.13. The van der Waals surface area contributed by atoms with Crippen molar-refractivity contribution in [3.05, 3.63) is 151 Å². The fraction of sp³-hybridized carbons (Fsp3) is 0.231. The molecule has 1 N–H and O–H groups in total. The Morgan fingerprint density at radius 2 is 1.08 bits per heavy atom. The van der Waals surface area contributed by atoms with Gasteiger partial charge in [0.15, 0.2) is 26.3 Å². The fourth-order valence-corrected chi connectivity index (χ4v) is 10.6. The van der Waals surface area contributed by atoms with Gasteiger partial charge in [0.05, 0.1) is 65.1 Å². The van der Waals surface area contributed by atoms with Crippen LogP contribution in [0.2, 0.25) is 10.0 Å². The molecule has 14 nitrogen and oxygen atoms in total.